The van der Waals surface area contributed by atoms with Crippen molar-refractivity contribution in [2.45, 2.75) is 5.75 Å². The molecule has 2 rings (SSSR count). The summed E-state index contributed by atoms with van der Waals surface area (Å²) < 4.78 is 2.06. The summed E-state index contributed by atoms with van der Waals surface area (Å²) in [5.41, 5.74) is 2.42. The highest BCUT2D eigenvalue weighted by molar-refractivity contribution is 7.97. The van der Waals surface area contributed by atoms with Gasteiger partial charge in [-0.3, -0.25) is 0 Å². The second-order valence-electron chi connectivity index (χ2n) is 3.40. The lowest BCUT2D eigenvalue weighted by molar-refractivity contribution is 0.476. The monoisotopic (exact) mass is 207 g/mol. The maximum atomic E-state index is 9.38. The van der Waals surface area contributed by atoms with Gasteiger partial charge in [-0.15, -0.1) is 0 Å². The first-order valence-electron chi connectivity index (χ1n) is 4.48. The summed E-state index contributed by atoms with van der Waals surface area (Å²) >= 11 is 1.81. The summed E-state index contributed by atoms with van der Waals surface area (Å²) in [5.74, 6) is 1.34. The summed E-state index contributed by atoms with van der Waals surface area (Å²) in [7, 11) is 2.01. The van der Waals surface area contributed by atoms with Crippen LogP contribution in [0.2, 0.25) is 0 Å². The first-order chi connectivity index (χ1) is 6.72. The first-order valence-corrected chi connectivity index (χ1v) is 5.87. The van der Waals surface area contributed by atoms with Gasteiger partial charge in [-0.05, 0) is 24.0 Å². The fourth-order valence-corrected chi connectivity index (χ4v) is 2.27. The molecule has 1 heterocycles. The summed E-state index contributed by atoms with van der Waals surface area (Å²) in [4.78, 5) is 0. The molecule has 3 heteroatoms. The molecule has 1 N–H and O–H groups in total. The van der Waals surface area contributed by atoms with Crippen LogP contribution in [0.25, 0.3) is 10.9 Å². The number of aromatic nitrogens is 1. The molecule has 2 nitrogen and oxygen atoms in total. The van der Waals surface area contributed by atoms with Gasteiger partial charge in [0.1, 0.15) is 5.75 Å². The van der Waals surface area contributed by atoms with Gasteiger partial charge in [0.15, 0.2) is 0 Å². The van der Waals surface area contributed by atoms with E-state index in [2.05, 4.69) is 17.0 Å². The molecule has 0 saturated carbocycles. The highest BCUT2D eigenvalue weighted by Gasteiger charge is 2.05. The Hall–Kier alpha value is -1.09. The van der Waals surface area contributed by atoms with E-state index in [0.29, 0.717) is 5.75 Å². The average Bonchev–Trinajstić information content (AvgIpc) is 2.44. The molecule has 1 aromatic carbocycles. The van der Waals surface area contributed by atoms with Gasteiger partial charge in [-0.2, -0.15) is 11.8 Å². The van der Waals surface area contributed by atoms with E-state index in [9.17, 15) is 5.11 Å². The minimum Gasteiger partial charge on any atom is -0.508 e. The van der Waals surface area contributed by atoms with Gasteiger partial charge in [-0.25, -0.2) is 0 Å². The number of rotatable bonds is 2. The summed E-state index contributed by atoms with van der Waals surface area (Å²) in [6, 6.07) is 5.53. The van der Waals surface area contributed by atoms with Gasteiger partial charge in [0.2, 0.25) is 0 Å². The van der Waals surface area contributed by atoms with Crippen molar-refractivity contribution < 1.29 is 5.11 Å². The Bertz CT molecular complexity index is 462. The minimum absolute atomic E-state index is 0.328. The third-order valence-corrected chi connectivity index (χ3v) is 2.96. The SMILES string of the molecule is CSCc1cn(C)c2cc(O)ccc12. The molecule has 0 spiro atoms. The second-order valence-corrected chi connectivity index (χ2v) is 4.27. The van der Waals surface area contributed by atoms with Crippen molar-refractivity contribution in [1.29, 1.82) is 0 Å². The largest absolute Gasteiger partial charge is 0.508 e. The van der Waals surface area contributed by atoms with Crippen LogP contribution >= 0.6 is 11.8 Å². The number of benzene rings is 1. The molecule has 0 saturated heterocycles. The summed E-state index contributed by atoms with van der Waals surface area (Å²) in [5, 5.41) is 10.6. The Kier molecular flexibility index (Phi) is 2.42. The van der Waals surface area contributed by atoms with Crippen LogP contribution in [0.1, 0.15) is 5.56 Å². The number of phenols is 1. The zero-order valence-electron chi connectivity index (χ0n) is 8.32. The zero-order chi connectivity index (χ0) is 10.1. The van der Waals surface area contributed by atoms with Crippen molar-refractivity contribution in [2.75, 3.05) is 6.26 Å². The van der Waals surface area contributed by atoms with E-state index in [4.69, 9.17) is 0 Å². The van der Waals surface area contributed by atoms with Gasteiger partial charge >= 0.3 is 0 Å². The average molecular weight is 207 g/mol. The van der Waals surface area contributed by atoms with Crippen LogP contribution in [0.4, 0.5) is 0 Å². The first kappa shape index (κ1) is 9.46. The van der Waals surface area contributed by atoms with Gasteiger partial charge in [0, 0.05) is 30.4 Å². The molecule has 0 aliphatic rings. The van der Waals surface area contributed by atoms with E-state index in [0.717, 1.165) is 11.3 Å². The normalized spacial score (nSPS) is 11.0. The van der Waals surface area contributed by atoms with Crippen LogP contribution in [0.15, 0.2) is 24.4 Å². The predicted molar refractivity (Wildman–Crippen MR) is 61.8 cm³/mol. The predicted octanol–water partition coefficient (Wildman–Crippen LogP) is 2.75. The quantitative estimate of drug-likeness (QED) is 0.819. The molecule has 1 aromatic heterocycles. The van der Waals surface area contributed by atoms with Crippen LogP contribution in [0.5, 0.6) is 5.75 Å². The number of hydrogen-bond donors (Lipinski definition) is 1. The number of aromatic hydroxyl groups is 1. The summed E-state index contributed by atoms with van der Waals surface area (Å²) in [6.07, 6.45) is 4.22. The number of hydrogen-bond acceptors (Lipinski definition) is 2. The van der Waals surface area contributed by atoms with Crippen LogP contribution in [-0.2, 0) is 12.8 Å². The summed E-state index contributed by atoms with van der Waals surface area (Å²) in [6.45, 7) is 0. The Morgan fingerprint density at radius 2 is 2.21 bits per heavy atom. The standard InChI is InChI=1S/C11H13NOS/c1-12-6-8(7-14-2)10-4-3-9(13)5-11(10)12/h3-6,13H,7H2,1-2H3. The van der Waals surface area contributed by atoms with Crippen molar-refractivity contribution in [2.24, 2.45) is 7.05 Å². The number of phenolic OH excluding ortho intramolecular Hbond substituents is 1. The van der Waals surface area contributed by atoms with E-state index < -0.39 is 0 Å². The second kappa shape index (κ2) is 3.58. The maximum absolute atomic E-state index is 9.38. The number of nitrogens with zero attached hydrogens (tertiary/aromatic N) is 1. The molecule has 74 valence electrons. The maximum Gasteiger partial charge on any atom is 0.117 e. The van der Waals surface area contributed by atoms with Crippen molar-refractivity contribution in [3.63, 3.8) is 0 Å². The molecular formula is C11H13NOS. The van der Waals surface area contributed by atoms with Crippen molar-refractivity contribution in [1.82, 2.24) is 4.57 Å². The van der Waals surface area contributed by atoms with Crippen molar-refractivity contribution in [3.05, 3.63) is 30.0 Å². The Balaban J connectivity index is 2.65. The fraction of sp³-hybridized carbons (Fsp3) is 0.273. The highest BCUT2D eigenvalue weighted by Crippen LogP contribution is 2.26. The van der Waals surface area contributed by atoms with Crippen molar-refractivity contribution >= 4 is 22.7 Å². The third-order valence-electron chi connectivity index (χ3n) is 2.36. The Labute approximate surface area is 87.5 Å². The Morgan fingerprint density at radius 3 is 2.93 bits per heavy atom. The molecule has 0 unspecified atom stereocenters. The zero-order valence-corrected chi connectivity index (χ0v) is 9.14. The molecular weight excluding hydrogens is 194 g/mol. The van der Waals surface area contributed by atoms with E-state index >= 15 is 0 Å². The lowest BCUT2D eigenvalue weighted by Gasteiger charge is -1.97. The van der Waals surface area contributed by atoms with Crippen LogP contribution < -0.4 is 0 Å². The molecule has 0 radical (unpaired) electrons. The van der Waals surface area contributed by atoms with E-state index in [1.807, 2.05) is 24.9 Å². The lowest BCUT2D eigenvalue weighted by Crippen LogP contribution is -1.82. The third kappa shape index (κ3) is 1.48. The van der Waals surface area contributed by atoms with Crippen LogP contribution in [-0.4, -0.2) is 15.9 Å². The number of fused-ring (bicyclic) bond motifs is 1. The topological polar surface area (TPSA) is 25.2 Å². The minimum atomic E-state index is 0.328. The smallest absolute Gasteiger partial charge is 0.117 e. The van der Waals surface area contributed by atoms with Crippen molar-refractivity contribution in [3.8, 4) is 5.75 Å². The van der Waals surface area contributed by atoms with E-state index in [1.54, 1.807) is 12.1 Å². The molecule has 14 heavy (non-hydrogen) atoms. The van der Waals surface area contributed by atoms with Gasteiger partial charge in [0.25, 0.3) is 0 Å². The molecule has 0 bridgehead atoms. The molecule has 0 fully saturated rings. The molecule has 0 aliphatic heterocycles. The van der Waals surface area contributed by atoms with Gasteiger partial charge < -0.3 is 9.67 Å². The van der Waals surface area contributed by atoms with E-state index in [-0.39, 0.29) is 0 Å². The molecule has 2 aromatic rings. The van der Waals surface area contributed by atoms with Crippen LogP contribution in [0.3, 0.4) is 0 Å². The van der Waals surface area contributed by atoms with Gasteiger partial charge in [0.05, 0.1) is 5.52 Å². The van der Waals surface area contributed by atoms with Crippen LogP contribution in [0, 0.1) is 0 Å². The molecule has 0 aliphatic carbocycles. The molecule has 0 atom stereocenters. The number of thioether (sulfide) groups is 1. The Morgan fingerprint density at radius 1 is 1.43 bits per heavy atom. The fourth-order valence-electron chi connectivity index (χ4n) is 1.73. The van der Waals surface area contributed by atoms with E-state index in [1.165, 1.54) is 10.9 Å². The number of aryl methyl sites for hydroxylation is 1. The molecule has 0 amide bonds. The lowest BCUT2D eigenvalue weighted by atomic mass is 10.2. The highest BCUT2D eigenvalue weighted by atomic mass is 32.2. The van der Waals surface area contributed by atoms with Gasteiger partial charge in [-0.1, -0.05) is 0 Å².